The maximum absolute atomic E-state index is 9.92. The van der Waals surface area contributed by atoms with E-state index in [1.165, 1.54) is 14.2 Å². The summed E-state index contributed by atoms with van der Waals surface area (Å²) in [7, 11) is 3.03. The van der Waals surface area contributed by atoms with Gasteiger partial charge in [-0.3, -0.25) is 0 Å². The summed E-state index contributed by atoms with van der Waals surface area (Å²) in [6.07, 6.45) is 0.199. The van der Waals surface area contributed by atoms with Gasteiger partial charge in [-0.05, 0) is 12.8 Å². The van der Waals surface area contributed by atoms with Crippen molar-refractivity contribution in [2.75, 3.05) is 20.8 Å². The van der Waals surface area contributed by atoms with Crippen molar-refractivity contribution in [1.29, 1.82) is 0 Å². The zero-order valence-corrected chi connectivity index (χ0v) is 7.49. The van der Waals surface area contributed by atoms with Crippen LogP contribution >= 0.6 is 0 Å². The van der Waals surface area contributed by atoms with Crippen molar-refractivity contribution in [3.05, 3.63) is 0 Å². The fourth-order valence-corrected chi connectivity index (χ4v) is 1.77. The van der Waals surface area contributed by atoms with Gasteiger partial charge in [0.05, 0.1) is 18.8 Å². The van der Waals surface area contributed by atoms with Gasteiger partial charge in [-0.2, -0.15) is 0 Å². The third-order valence-corrected chi connectivity index (χ3v) is 2.50. The van der Waals surface area contributed by atoms with E-state index in [4.69, 9.17) is 9.47 Å². The second-order valence-electron chi connectivity index (χ2n) is 3.24. The van der Waals surface area contributed by atoms with Crippen LogP contribution in [0.2, 0.25) is 0 Å². The molecule has 4 nitrogen and oxygen atoms in total. The minimum atomic E-state index is -1.22. The van der Waals surface area contributed by atoms with E-state index in [0.717, 1.165) is 0 Å². The van der Waals surface area contributed by atoms with Gasteiger partial charge in [-0.1, -0.05) is 0 Å². The Kier molecular flexibility index (Phi) is 3.06. The van der Waals surface area contributed by atoms with Gasteiger partial charge in [-0.25, -0.2) is 0 Å². The zero-order chi connectivity index (χ0) is 9.19. The van der Waals surface area contributed by atoms with Crippen LogP contribution in [0.4, 0.5) is 0 Å². The maximum atomic E-state index is 9.92. The lowest BCUT2D eigenvalue weighted by Gasteiger charge is -2.30. The van der Waals surface area contributed by atoms with Crippen LogP contribution in [0.15, 0.2) is 0 Å². The molecule has 1 aliphatic carbocycles. The first-order chi connectivity index (χ1) is 5.65. The fraction of sp³-hybridized carbons (Fsp3) is 1.00. The highest BCUT2D eigenvalue weighted by molar-refractivity contribution is 5.00. The summed E-state index contributed by atoms with van der Waals surface area (Å²) in [4.78, 5) is 0. The number of aliphatic hydroxyl groups excluding tert-OH is 1. The van der Waals surface area contributed by atoms with E-state index >= 15 is 0 Å². The number of hydrogen-bond acceptors (Lipinski definition) is 4. The normalized spacial score (nSPS) is 42.0. The standard InChI is InChI=1S/C8H16O4/c1-11-5-8(10)6(9)3-4-7(8)12-2/h6-7,9-10H,3-5H2,1-2H3/t6-,7-,8-/m0/s1. The molecule has 0 bridgehead atoms. The molecule has 1 rings (SSSR count). The topological polar surface area (TPSA) is 58.9 Å². The van der Waals surface area contributed by atoms with Gasteiger partial charge in [0.25, 0.3) is 0 Å². The summed E-state index contributed by atoms with van der Waals surface area (Å²) >= 11 is 0. The molecule has 3 atom stereocenters. The number of rotatable bonds is 3. The monoisotopic (exact) mass is 176 g/mol. The smallest absolute Gasteiger partial charge is 0.140 e. The molecule has 0 saturated heterocycles. The Labute approximate surface area is 72.1 Å². The molecule has 1 fully saturated rings. The van der Waals surface area contributed by atoms with Crippen LogP contribution in [0.1, 0.15) is 12.8 Å². The molecule has 0 amide bonds. The molecule has 0 unspecified atom stereocenters. The Morgan fingerprint density at radius 1 is 1.42 bits per heavy atom. The van der Waals surface area contributed by atoms with E-state index in [2.05, 4.69) is 0 Å². The van der Waals surface area contributed by atoms with Gasteiger partial charge in [0.2, 0.25) is 0 Å². The van der Waals surface area contributed by atoms with Crippen molar-refractivity contribution in [3.8, 4) is 0 Å². The Morgan fingerprint density at radius 3 is 2.58 bits per heavy atom. The van der Waals surface area contributed by atoms with Gasteiger partial charge in [0, 0.05) is 14.2 Å². The first-order valence-corrected chi connectivity index (χ1v) is 4.07. The minimum Gasteiger partial charge on any atom is -0.390 e. The van der Waals surface area contributed by atoms with E-state index in [-0.39, 0.29) is 12.7 Å². The van der Waals surface area contributed by atoms with Crippen LogP contribution in [-0.4, -0.2) is 48.8 Å². The van der Waals surface area contributed by atoms with Crippen molar-refractivity contribution in [2.24, 2.45) is 0 Å². The quantitative estimate of drug-likeness (QED) is 0.610. The molecule has 4 heteroatoms. The number of methoxy groups -OCH3 is 2. The van der Waals surface area contributed by atoms with Gasteiger partial charge < -0.3 is 19.7 Å². The van der Waals surface area contributed by atoms with E-state index in [9.17, 15) is 10.2 Å². The highest BCUT2D eigenvalue weighted by atomic mass is 16.5. The molecule has 0 spiro atoms. The SMILES string of the molecule is COC[C@@]1(O)[C@@H](OC)CC[C@@H]1O. The Hall–Kier alpha value is -0.160. The Bertz CT molecular complexity index is 150. The number of ether oxygens (including phenoxy) is 2. The summed E-state index contributed by atoms with van der Waals surface area (Å²) in [5, 5.41) is 19.4. The zero-order valence-electron chi connectivity index (χ0n) is 7.49. The predicted molar refractivity (Wildman–Crippen MR) is 42.9 cm³/mol. The van der Waals surface area contributed by atoms with Gasteiger partial charge >= 0.3 is 0 Å². The molecule has 2 N–H and O–H groups in total. The molecule has 12 heavy (non-hydrogen) atoms. The van der Waals surface area contributed by atoms with Crippen LogP contribution < -0.4 is 0 Å². The van der Waals surface area contributed by atoms with Crippen molar-refractivity contribution in [3.63, 3.8) is 0 Å². The van der Waals surface area contributed by atoms with Crippen LogP contribution in [-0.2, 0) is 9.47 Å². The first kappa shape index (κ1) is 9.92. The van der Waals surface area contributed by atoms with Crippen molar-refractivity contribution in [2.45, 2.75) is 30.7 Å². The van der Waals surface area contributed by atoms with Crippen molar-refractivity contribution < 1.29 is 19.7 Å². The molecule has 72 valence electrons. The maximum Gasteiger partial charge on any atom is 0.140 e. The second kappa shape index (κ2) is 3.70. The lowest BCUT2D eigenvalue weighted by Crippen LogP contribution is -2.50. The lowest BCUT2D eigenvalue weighted by molar-refractivity contribution is -0.152. The Balaban J connectivity index is 2.66. The van der Waals surface area contributed by atoms with Crippen LogP contribution in [0.3, 0.4) is 0 Å². The van der Waals surface area contributed by atoms with E-state index in [1.807, 2.05) is 0 Å². The minimum absolute atomic E-state index is 0.118. The molecule has 1 aliphatic rings. The van der Waals surface area contributed by atoms with Crippen molar-refractivity contribution >= 4 is 0 Å². The van der Waals surface area contributed by atoms with Crippen LogP contribution in [0.5, 0.6) is 0 Å². The molecule has 0 heterocycles. The molecule has 0 aliphatic heterocycles. The first-order valence-electron chi connectivity index (χ1n) is 4.07. The second-order valence-corrected chi connectivity index (χ2v) is 3.24. The summed E-state index contributed by atoms with van der Waals surface area (Å²) in [6.45, 7) is 0.118. The highest BCUT2D eigenvalue weighted by Gasteiger charge is 2.48. The summed E-state index contributed by atoms with van der Waals surface area (Å²) in [5.74, 6) is 0. The molecular formula is C8H16O4. The lowest BCUT2D eigenvalue weighted by atomic mass is 9.99. The number of aliphatic hydroxyl groups is 2. The van der Waals surface area contributed by atoms with Gasteiger partial charge in [0.15, 0.2) is 0 Å². The van der Waals surface area contributed by atoms with Crippen LogP contribution in [0, 0.1) is 0 Å². The largest absolute Gasteiger partial charge is 0.390 e. The van der Waals surface area contributed by atoms with Gasteiger partial charge in [0.1, 0.15) is 5.60 Å². The molecular weight excluding hydrogens is 160 g/mol. The average molecular weight is 176 g/mol. The Morgan fingerprint density at radius 2 is 2.08 bits per heavy atom. The van der Waals surface area contributed by atoms with Crippen LogP contribution in [0.25, 0.3) is 0 Å². The molecule has 0 aromatic carbocycles. The summed E-state index contributed by atoms with van der Waals surface area (Å²) in [6, 6.07) is 0. The summed E-state index contributed by atoms with van der Waals surface area (Å²) < 4.78 is 9.90. The highest BCUT2D eigenvalue weighted by Crippen LogP contribution is 2.32. The van der Waals surface area contributed by atoms with E-state index in [1.54, 1.807) is 0 Å². The third-order valence-electron chi connectivity index (χ3n) is 2.50. The number of hydrogen-bond donors (Lipinski definition) is 2. The molecule has 0 aromatic rings. The fourth-order valence-electron chi connectivity index (χ4n) is 1.77. The van der Waals surface area contributed by atoms with Crippen molar-refractivity contribution in [1.82, 2.24) is 0 Å². The molecule has 0 radical (unpaired) electrons. The molecule has 0 aromatic heterocycles. The third kappa shape index (κ3) is 1.47. The van der Waals surface area contributed by atoms with E-state index in [0.29, 0.717) is 12.8 Å². The predicted octanol–water partition coefficient (Wildman–Crippen LogP) is -0.466. The average Bonchev–Trinajstić information content (AvgIpc) is 2.30. The van der Waals surface area contributed by atoms with E-state index < -0.39 is 11.7 Å². The molecule has 1 saturated carbocycles. The van der Waals surface area contributed by atoms with Gasteiger partial charge in [-0.15, -0.1) is 0 Å². The summed E-state index contributed by atoms with van der Waals surface area (Å²) in [5.41, 5.74) is -1.22.